The summed E-state index contributed by atoms with van der Waals surface area (Å²) >= 11 is 0. The Bertz CT molecular complexity index is 410. The van der Waals surface area contributed by atoms with Crippen LogP contribution in [0.2, 0.25) is 0 Å². The van der Waals surface area contributed by atoms with Gasteiger partial charge in [0.25, 0.3) is 0 Å². The molecule has 1 N–H and O–H groups in total. The highest BCUT2D eigenvalue weighted by Crippen LogP contribution is 2.21. The molecule has 118 valence electrons. The fraction of sp³-hybridized carbons (Fsp3) is 0.684. The van der Waals surface area contributed by atoms with E-state index in [1.807, 2.05) is 0 Å². The highest BCUT2D eigenvalue weighted by molar-refractivity contribution is 5.47. The average molecular weight is 288 g/mol. The van der Waals surface area contributed by atoms with Crippen LogP contribution in [-0.2, 0) is 6.42 Å². The standard InChI is InChI=1S/C19H32N2/c1-4-5-12-21(3)19-10-6-8-17(15-19)13-16(2)14-18-9-7-11-20-18/h6,8,10,15-16,18,20H,4-5,7,9,11-14H2,1-3H3. The van der Waals surface area contributed by atoms with Gasteiger partial charge in [-0.2, -0.15) is 0 Å². The Kier molecular flexibility index (Phi) is 6.56. The maximum Gasteiger partial charge on any atom is 0.0366 e. The van der Waals surface area contributed by atoms with E-state index in [0.717, 1.165) is 18.5 Å². The van der Waals surface area contributed by atoms with Crippen LogP contribution in [0.1, 0.15) is 51.5 Å². The number of anilines is 1. The second-order valence-electron chi connectivity index (χ2n) is 6.78. The van der Waals surface area contributed by atoms with Crippen LogP contribution in [0.5, 0.6) is 0 Å². The first-order valence-corrected chi connectivity index (χ1v) is 8.72. The van der Waals surface area contributed by atoms with Crippen molar-refractivity contribution < 1.29 is 0 Å². The molecule has 1 saturated heterocycles. The number of hydrogen-bond acceptors (Lipinski definition) is 2. The molecule has 1 aromatic rings. The lowest BCUT2D eigenvalue weighted by Crippen LogP contribution is -2.24. The Morgan fingerprint density at radius 1 is 1.38 bits per heavy atom. The summed E-state index contributed by atoms with van der Waals surface area (Å²) < 4.78 is 0. The van der Waals surface area contributed by atoms with Crippen molar-refractivity contribution in [3.05, 3.63) is 29.8 Å². The normalized spacial score (nSPS) is 19.7. The molecule has 1 fully saturated rings. The molecule has 0 amide bonds. The van der Waals surface area contributed by atoms with Gasteiger partial charge in [0.05, 0.1) is 0 Å². The third-order valence-corrected chi connectivity index (χ3v) is 4.63. The van der Waals surface area contributed by atoms with E-state index in [2.05, 4.69) is 55.4 Å². The fourth-order valence-electron chi connectivity index (χ4n) is 3.37. The third-order valence-electron chi connectivity index (χ3n) is 4.63. The van der Waals surface area contributed by atoms with E-state index in [1.54, 1.807) is 0 Å². The number of nitrogens with one attached hydrogen (secondary N) is 1. The van der Waals surface area contributed by atoms with Gasteiger partial charge in [-0.05, 0) is 62.3 Å². The van der Waals surface area contributed by atoms with Crippen molar-refractivity contribution in [3.63, 3.8) is 0 Å². The molecular weight excluding hydrogens is 256 g/mol. The molecule has 21 heavy (non-hydrogen) atoms. The van der Waals surface area contributed by atoms with E-state index in [0.29, 0.717) is 0 Å². The minimum atomic E-state index is 0.760. The maximum atomic E-state index is 3.62. The minimum absolute atomic E-state index is 0.760. The van der Waals surface area contributed by atoms with E-state index in [9.17, 15) is 0 Å². The summed E-state index contributed by atoms with van der Waals surface area (Å²) in [6.07, 6.45) is 7.77. The molecular formula is C19H32N2. The van der Waals surface area contributed by atoms with Gasteiger partial charge in [0.15, 0.2) is 0 Å². The molecule has 2 atom stereocenters. The molecule has 0 aliphatic carbocycles. The molecule has 0 spiro atoms. The molecule has 1 aromatic carbocycles. The summed E-state index contributed by atoms with van der Waals surface area (Å²) in [5.41, 5.74) is 2.86. The topological polar surface area (TPSA) is 15.3 Å². The summed E-state index contributed by atoms with van der Waals surface area (Å²) in [7, 11) is 2.21. The summed E-state index contributed by atoms with van der Waals surface area (Å²) in [5.74, 6) is 0.761. The molecule has 2 rings (SSSR count). The van der Waals surface area contributed by atoms with E-state index in [4.69, 9.17) is 0 Å². The van der Waals surface area contributed by atoms with Gasteiger partial charge in [0.2, 0.25) is 0 Å². The molecule has 0 radical (unpaired) electrons. The second-order valence-corrected chi connectivity index (χ2v) is 6.78. The first-order chi connectivity index (χ1) is 10.2. The number of hydrogen-bond donors (Lipinski definition) is 1. The van der Waals surface area contributed by atoms with E-state index in [-0.39, 0.29) is 0 Å². The monoisotopic (exact) mass is 288 g/mol. The van der Waals surface area contributed by atoms with Crippen molar-refractivity contribution in [1.82, 2.24) is 5.32 Å². The first kappa shape index (κ1) is 16.4. The largest absolute Gasteiger partial charge is 0.375 e. The van der Waals surface area contributed by atoms with Crippen molar-refractivity contribution in [2.45, 2.75) is 58.4 Å². The molecule has 2 heteroatoms. The van der Waals surface area contributed by atoms with Gasteiger partial charge in [-0.15, -0.1) is 0 Å². The molecule has 0 saturated carbocycles. The van der Waals surface area contributed by atoms with Gasteiger partial charge in [-0.25, -0.2) is 0 Å². The van der Waals surface area contributed by atoms with E-state index < -0.39 is 0 Å². The van der Waals surface area contributed by atoms with Gasteiger partial charge in [-0.3, -0.25) is 0 Å². The predicted molar refractivity (Wildman–Crippen MR) is 93.1 cm³/mol. The zero-order valence-corrected chi connectivity index (χ0v) is 14.1. The third kappa shape index (κ3) is 5.35. The molecule has 0 aromatic heterocycles. The average Bonchev–Trinajstić information content (AvgIpc) is 2.97. The Morgan fingerprint density at radius 3 is 2.95 bits per heavy atom. The number of unbranched alkanes of at least 4 members (excludes halogenated alkanes) is 1. The predicted octanol–water partition coefficient (Wildman–Crippen LogP) is 4.24. The zero-order chi connectivity index (χ0) is 15.1. The van der Waals surface area contributed by atoms with Crippen LogP contribution in [0, 0.1) is 5.92 Å². The second kappa shape index (κ2) is 8.43. The molecule has 0 bridgehead atoms. The van der Waals surface area contributed by atoms with E-state index >= 15 is 0 Å². The Labute approximate surface area is 130 Å². The summed E-state index contributed by atoms with van der Waals surface area (Å²) in [4.78, 5) is 2.39. The van der Waals surface area contributed by atoms with Crippen LogP contribution in [0.4, 0.5) is 5.69 Å². The van der Waals surface area contributed by atoms with Crippen LogP contribution in [0.15, 0.2) is 24.3 Å². The van der Waals surface area contributed by atoms with Crippen molar-refractivity contribution >= 4 is 5.69 Å². The number of benzene rings is 1. The highest BCUT2D eigenvalue weighted by Gasteiger charge is 2.17. The van der Waals surface area contributed by atoms with Crippen LogP contribution < -0.4 is 10.2 Å². The van der Waals surface area contributed by atoms with Gasteiger partial charge >= 0.3 is 0 Å². The van der Waals surface area contributed by atoms with Gasteiger partial charge in [-0.1, -0.05) is 32.4 Å². The van der Waals surface area contributed by atoms with Crippen LogP contribution in [-0.4, -0.2) is 26.2 Å². The van der Waals surface area contributed by atoms with Gasteiger partial charge in [0.1, 0.15) is 0 Å². The maximum absolute atomic E-state index is 3.62. The summed E-state index contributed by atoms with van der Waals surface area (Å²) in [5, 5.41) is 3.62. The molecule has 1 heterocycles. The molecule has 2 unspecified atom stereocenters. The first-order valence-electron chi connectivity index (χ1n) is 8.72. The van der Waals surface area contributed by atoms with E-state index in [1.165, 1.54) is 56.3 Å². The van der Waals surface area contributed by atoms with Crippen LogP contribution in [0.25, 0.3) is 0 Å². The minimum Gasteiger partial charge on any atom is -0.375 e. The van der Waals surface area contributed by atoms with Gasteiger partial charge in [0, 0.05) is 25.3 Å². The highest BCUT2D eigenvalue weighted by atomic mass is 15.1. The molecule has 1 aliphatic rings. The molecule has 1 aliphatic heterocycles. The lowest BCUT2D eigenvalue weighted by Gasteiger charge is -2.21. The zero-order valence-electron chi connectivity index (χ0n) is 14.1. The smallest absolute Gasteiger partial charge is 0.0366 e. The number of nitrogens with zero attached hydrogens (tertiary/aromatic N) is 1. The summed E-state index contributed by atoms with van der Waals surface area (Å²) in [6, 6.07) is 9.88. The number of rotatable bonds is 8. The Balaban J connectivity index is 1.87. The fourth-order valence-corrected chi connectivity index (χ4v) is 3.37. The van der Waals surface area contributed by atoms with Crippen LogP contribution >= 0.6 is 0 Å². The SMILES string of the molecule is CCCCN(C)c1cccc(CC(C)CC2CCCN2)c1. The Hall–Kier alpha value is -1.02. The van der Waals surface area contributed by atoms with Crippen molar-refractivity contribution in [1.29, 1.82) is 0 Å². The molecule has 2 nitrogen and oxygen atoms in total. The van der Waals surface area contributed by atoms with Crippen LogP contribution in [0.3, 0.4) is 0 Å². The van der Waals surface area contributed by atoms with Gasteiger partial charge < -0.3 is 10.2 Å². The van der Waals surface area contributed by atoms with Crippen molar-refractivity contribution in [3.8, 4) is 0 Å². The lowest BCUT2D eigenvalue weighted by molar-refractivity contribution is 0.435. The Morgan fingerprint density at radius 2 is 2.24 bits per heavy atom. The lowest BCUT2D eigenvalue weighted by atomic mass is 9.93. The quantitative estimate of drug-likeness (QED) is 0.769. The van der Waals surface area contributed by atoms with Crippen molar-refractivity contribution in [2.75, 3.05) is 25.0 Å². The van der Waals surface area contributed by atoms with Crippen molar-refractivity contribution in [2.24, 2.45) is 5.92 Å². The summed E-state index contributed by atoms with van der Waals surface area (Å²) in [6.45, 7) is 7.02.